The van der Waals surface area contributed by atoms with E-state index in [4.69, 9.17) is 0 Å². The van der Waals surface area contributed by atoms with E-state index in [1.807, 2.05) is 155 Å². The molecule has 72 heavy (non-hydrogen) atoms. The lowest BCUT2D eigenvalue weighted by Gasteiger charge is -2.30. The molecule has 0 aromatic heterocycles. The summed E-state index contributed by atoms with van der Waals surface area (Å²) in [7, 11) is 0. The smallest absolute Gasteiger partial charge is 0.128 e. The number of anilines is 6. The summed E-state index contributed by atoms with van der Waals surface area (Å²) in [5.74, 6) is -3.81. The molecular formula is C64H38F6N2. The van der Waals surface area contributed by atoms with Crippen molar-refractivity contribution in [2.24, 2.45) is 0 Å². The highest BCUT2D eigenvalue weighted by atomic mass is 19.2. The van der Waals surface area contributed by atoms with E-state index in [9.17, 15) is 8.78 Å². The van der Waals surface area contributed by atoms with Crippen LogP contribution in [0.1, 0.15) is 0 Å². The predicted molar refractivity (Wildman–Crippen MR) is 281 cm³/mol. The fraction of sp³-hybridized carbons (Fsp3) is 0. The summed E-state index contributed by atoms with van der Waals surface area (Å²) in [6, 6.07) is 66.4. The number of halogens is 6. The number of nitrogens with zero attached hydrogens (tertiary/aromatic N) is 2. The lowest BCUT2D eigenvalue weighted by molar-refractivity contribution is 0.583. The molecule has 12 aromatic carbocycles. The molecule has 0 heterocycles. The van der Waals surface area contributed by atoms with Gasteiger partial charge in [-0.15, -0.1) is 0 Å². The van der Waals surface area contributed by atoms with Gasteiger partial charge < -0.3 is 9.80 Å². The van der Waals surface area contributed by atoms with Crippen molar-refractivity contribution < 1.29 is 26.3 Å². The number of hydrogen-bond donors (Lipinski definition) is 0. The van der Waals surface area contributed by atoms with E-state index in [0.29, 0.717) is 22.7 Å². The van der Waals surface area contributed by atoms with Crippen molar-refractivity contribution in [1.82, 2.24) is 0 Å². The Labute approximate surface area is 410 Å². The largest absolute Gasteiger partial charge is 0.310 e. The van der Waals surface area contributed by atoms with E-state index in [-0.39, 0.29) is 23.0 Å². The normalized spacial score (nSPS) is 11.5. The van der Waals surface area contributed by atoms with Crippen LogP contribution in [0.5, 0.6) is 0 Å². The van der Waals surface area contributed by atoms with Crippen molar-refractivity contribution in [1.29, 1.82) is 0 Å². The van der Waals surface area contributed by atoms with E-state index in [1.54, 1.807) is 24.3 Å². The molecule has 0 radical (unpaired) electrons. The van der Waals surface area contributed by atoms with Gasteiger partial charge in [-0.05, 0) is 163 Å². The van der Waals surface area contributed by atoms with Gasteiger partial charge >= 0.3 is 0 Å². The maximum Gasteiger partial charge on any atom is 0.128 e. The molecule has 0 saturated carbocycles. The van der Waals surface area contributed by atoms with Crippen molar-refractivity contribution in [2.45, 2.75) is 0 Å². The highest BCUT2D eigenvalue weighted by molar-refractivity contribution is 6.28. The minimum atomic E-state index is -0.761. The molecule has 12 aromatic rings. The van der Waals surface area contributed by atoms with E-state index in [1.165, 1.54) is 48.5 Å². The minimum Gasteiger partial charge on any atom is -0.310 e. The van der Waals surface area contributed by atoms with Crippen molar-refractivity contribution in [3.63, 3.8) is 0 Å². The first-order valence-electron chi connectivity index (χ1n) is 23.3. The Bertz CT molecular complexity index is 3690. The Morgan fingerprint density at radius 3 is 0.875 bits per heavy atom. The zero-order valence-corrected chi connectivity index (χ0v) is 38.1. The second-order valence-electron chi connectivity index (χ2n) is 17.8. The van der Waals surface area contributed by atoms with Crippen LogP contribution in [0, 0.1) is 34.9 Å². The van der Waals surface area contributed by atoms with Gasteiger partial charge in [0.25, 0.3) is 0 Å². The van der Waals surface area contributed by atoms with Crippen molar-refractivity contribution in [2.75, 3.05) is 9.80 Å². The molecule has 0 aliphatic rings. The molecule has 12 rings (SSSR count). The summed E-state index contributed by atoms with van der Waals surface area (Å²) in [5, 5.41) is 4.97. The van der Waals surface area contributed by atoms with Gasteiger partial charge in [-0.1, -0.05) is 121 Å². The lowest BCUT2D eigenvalue weighted by Crippen LogP contribution is -2.12. The second-order valence-corrected chi connectivity index (χ2v) is 17.8. The molecule has 0 fully saturated rings. The van der Waals surface area contributed by atoms with E-state index >= 15 is 17.6 Å². The third kappa shape index (κ3) is 8.22. The molecule has 0 bridgehead atoms. The summed E-state index contributed by atoms with van der Waals surface area (Å²) >= 11 is 0. The van der Waals surface area contributed by atoms with Crippen molar-refractivity contribution in [3.05, 3.63) is 265 Å². The quantitative estimate of drug-likeness (QED) is 0.0996. The van der Waals surface area contributed by atoms with Gasteiger partial charge in [-0.2, -0.15) is 0 Å². The standard InChI is InChI=1S/C64H38F6N2/c65-49-19-11-41(12-20-49)47-27-45(39-7-3-1-4-8-39)29-55(31-47)71(57-35-51(67)33-52(68)36-57)61-25-17-43-16-24-60-62(26-18-44-15-23-59(61)63(43)64(44)60)72(58-37-53(69)34-54(70)38-58)56-30-46(40-9-5-2-6-10-40)28-48(32-56)42-13-21-50(66)22-14-42/h1-38H. The van der Waals surface area contributed by atoms with E-state index in [2.05, 4.69) is 0 Å². The summed E-state index contributed by atoms with van der Waals surface area (Å²) in [6.45, 7) is 0. The van der Waals surface area contributed by atoms with Gasteiger partial charge in [-0.3, -0.25) is 0 Å². The molecule has 0 aliphatic carbocycles. The van der Waals surface area contributed by atoms with Crippen LogP contribution in [0.4, 0.5) is 60.5 Å². The maximum absolute atomic E-state index is 15.5. The molecule has 0 spiro atoms. The first kappa shape index (κ1) is 44.1. The highest BCUT2D eigenvalue weighted by Crippen LogP contribution is 2.49. The first-order chi connectivity index (χ1) is 35.1. The molecule has 0 atom stereocenters. The molecule has 0 aliphatic heterocycles. The lowest BCUT2D eigenvalue weighted by atomic mass is 9.91. The van der Waals surface area contributed by atoms with Crippen LogP contribution in [0.25, 0.3) is 76.8 Å². The highest BCUT2D eigenvalue weighted by Gasteiger charge is 2.25. The molecule has 8 heteroatoms. The molecule has 2 nitrogen and oxygen atoms in total. The Hall–Kier alpha value is -9.14. The van der Waals surface area contributed by atoms with Gasteiger partial charge in [0.05, 0.1) is 22.7 Å². The Balaban J connectivity index is 1.12. The Morgan fingerprint density at radius 2 is 0.528 bits per heavy atom. The third-order valence-electron chi connectivity index (χ3n) is 13.2. The topological polar surface area (TPSA) is 6.48 Å². The molecule has 0 amide bonds. The van der Waals surface area contributed by atoms with Gasteiger partial charge in [0.2, 0.25) is 0 Å². The molecule has 0 unspecified atom stereocenters. The summed E-state index contributed by atoms with van der Waals surface area (Å²) in [4.78, 5) is 3.68. The zero-order chi connectivity index (χ0) is 49.0. The summed E-state index contributed by atoms with van der Waals surface area (Å²) in [6.07, 6.45) is 0. The van der Waals surface area contributed by atoms with Crippen LogP contribution in [-0.4, -0.2) is 0 Å². The van der Waals surface area contributed by atoms with E-state index < -0.39 is 23.3 Å². The number of benzene rings is 12. The van der Waals surface area contributed by atoms with Crippen LogP contribution in [0.2, 0.25) is 0 Å². The average Bonchev–Trinajstić information content (AvgIpc) is 3.39. The monoisotopic (exact) mass is 948 g/mol. The van der Waals surface area contributed by atoms with Crippen LogP contribution in [-0.2, 0) is 0 Å². The fourth-order valence-corrected chi connectivity index (χ4v) is 10.0. The molecular weight excluding hydrogens is 911 g/mol. The SMILES string of the molecule is Fc1ccc(-c2cc(-c3ccccc3)cc(N(c3cc(F)cc(F)c3)c3ccc4ccc5c(N(c6cc(F)cc(F)c6)c6cc(-c7ccccc7)cc(-c7ccc(F)cc7)c6)ccc6ccc3c4c65)c2)cc1. The van der Waals surface area contributed by atoms with Gasteiger partial charge in [0.15, 0.2) is 0 Å². The van der Waals surface area contributed by atoms with Crippen molar-refractivity contribution >= 4 is 66.4 Å². The maximum atomic E-state index is 15.5. The average molecular weight is 949 g/mol. The zero-order valence-electron chi connectivity index (χ0n) is 38.1. The van der Waals surface area contributed by atoms with Crippen LogP contribution < -0.4 is 9.80 Å². The summed E-state index contributed by atoms with van der Waals surface area (Å²) in [5.41, 5.74) is 9.31. The molecule has 346 valence electrons. The number of rotatable bonds is 10. The Kier molecular flexibility index (Phi) is 11.0. The molecule has 0 saturated heterocycles. The van der Waals surface area contributed by atoms with Gasteiger partial charge in [0, 0.05) is 34.3 Å². The number of hydrogen-bond acceptors (Lipinski definition) is 2. The Morgan fingerprint density at radius 1 is 0.222 bits per heavy atom. The van der Waals surface area contributed by atoms with Gasteiger partial charge in [0.1, 0.15) is 34.9 Å². The first-order valence-corrected chi connectivity index (χ1v) is 23.3. The predicted octanol–water partition coefficient (Wildman–Crippen LogP) is 19.0. The summed E-state index contributed by atoms with van der Waals surface area (Å²) < 4.78 is 90.7. The van der Waals surface area contributed by atoms with Crippen molar-refractivity contribution in [3.8, 4) is 44.5 Å². The molecule has 0 N–H and O–H groups in total. The van der Waals surface area contributed by atoms with Crippen LogP contribution in [0.15, 0.2) is 231 Å². The van der Waals surface area contributed by atoms with E-state index in [0.717, 1.165) is 89.0 Å². The fourth-order valence-electron chi connectivity index (χ4n) is 10.0. The van der Waals surface area contributed by atoms with Crippen LogP contribution >= 0.6 is 0 Å². The third-order valence-corrected chi connectivity index (χ3v) is 13.2. The minimum absolute atomic E-state index is 0.230. The van der Waals surface area contributed by atoms with Crippen LogP contribution in [0.3, 0.4) is 0 Å². The second kappa shape index (κ2) is 18.0. The van der Waals surface area contributed by atoms with Gasteiger partial charge in [-0.25, -0.2) is 26.3 Å².